The van der Waals surface area contributed by atoms with E-state index >= 15 is 0 Å². The van der Waals surface area contributed by atoms with Crippen LogP contribution in [0.15, 0.2) is 54.6 Å². The van der Waals surface area contributed by atoms with Crippen LogP contribution in [0.5, 0.6) is 0 Å². The lowest BCUT2D eigenvalue weighted by Gasteiger charge is -2.15. The summed E-state index contributed by atoms with van der Waals surface area (Å²) in [4.78, 5) is 33.9. The van der Waals surface area contributed by atoms with Gasteiger partial charge in [0.25, 0.3) is 5.69 Å². The third-order valence-corrected chi connectivity index (χ3v) is 3.39. The summed E-state index contributed by atoms with van der Waals surface area (Å²) >= 11 is 0. The van der Waals surface area contributed by atoms with Gasteiger partial charge in [-0.3, -0.25) is 14.9 Å². The van der Waals surface area contributed by atoms with Crippen molar-refractivity contribution < 1.29 is 14.5 Å². The molecule has 0 bridgehead atoms. The summed E-state index contributed by atoms with van der Waals surface area (Å²) in [5, 5.41) is 18.3. The van der Waals surface area contributed by atoms with Crippen LogP contribution in [-0.2, 0) is 11.3 Å². The van der Waals surface area contributed by atoms with Crippen LogP contribution < -0.4 is 16.0 Å². The van der Waals surface area contributed by atoms with Crippen molar-refractivity contribution in [3.05, 3.63) is 70.3 Å². The molecule has 1 atom stereocenters. The van der Waals surface area contributed by atoms with Crippen LogP contribution in [0.4, 0.5) is 16.2 Å². The predicted molar refractivity (Wildman–Crippen MR) is 93.0 cm³/mol. The number of hydrogen-bond acceptors (Lipinski definition) is 4. The Morgan fingerprint density at radius 3 is 2.32 bits per heavy atom. The van der Waals surface area contributed by atoms with Gasteiger partial charge in [-0.25, -0.2) is 4.79 Å². The summed E-state index contributed by atoms with van der Waals surface area (Å²) in [5.74, 6) is -0.317. The topological polar surface area (TPSA) is 113 Å². The number of hydrogen-bond donors (Lipinski definition) is 3. The van der Waals surface area contributed by atoms with E-state index in [0.717, 1.165) is 5.56 Å². The summed E-state index contributed by atoms with van der Waals surface area (Å²) in [6.45, 7) is 1.94. The summed E-state index contributed by atoms with van der Waals surface area (Å²) in [6, 6.07) is 13.5. The normalized spacial score (nSPS) is 11.2. The number of non-ortho nitro benzene ring substituents is 1. The number of urea groups is 1. The maximum absolute atomic E-state index is 12.0. The fourth-order valence-electron chi connectivity index (χ4n) is 2.03. The highest BCUT2D eigenvalue weighted by molar-refractivity contribution is 5.93. The molecular weight excluding hydrogens is 324 g/mol. The predicted octanol–water partition coefficient (Wildman–Crippen LogP) is 2.42. The summed E-state index contributed by atoms with van der Waals surface area (Å²) in [6.07, 6.45) is 0. The first-order valence-electron chi connectivity index (χ1n) is 7.59. The number of amides is 3. The number of benzene rings is 2. The largest absolute Gasteiger partial charge is 0.350 e. The molecule has 0 heterocycles. The SMILES string of the molecule is C[C@@H](NC(=O)Nc1ccc([N+](=O)[O-])cc1)C(=O)NCc1ccccc1. The van der Waals surface area contributed by atoms with E-state index in [1.807, 2.05) is 30.3 Å². The minimum atomic E-state index is -0.734. The van der Waals surface area contributed by atoms with Crippen LogP contribution in [-0.4, -0.2) is 22.9 Å². The second-order valence-electron chi connectivity index (χ2n) is 5.33. The van der Waals surface area contributed by atoms with Gasteiger partial charge in [0, 0.05) is 24.4 Å². The molecule has 0 unspecified atom stereocenters. The molecule has 0 saturated carbocycles. The van der Waals surface area contributed by atoms with Crippen molar-refractivity contribution in [3.63, 3.8) is 0 Å². The Kier molecular flexibility index (Phi) is 6.05. The highest BCUT2D eigenvalue weighted by atomic mass is 16.6. The van der Waals surface area contributed by atoms with E-state index in [1.54, 1.807) is 6.92 Å². The molecule has 2 aromatic carbocycles. The molecule has 3 amide bonds. The maximum Gasteiger partial charge on any atom is 0.319 e. The van der Waals surface area contributed by atoms with Gasteiger partial charge in [0.2, 0.25) is 5.91 Å². The lowest BCUT2D eigenvalue weighted by atomic mass is 10.2. The van der Waals surface area contributed by atoms with Gasteiger partial charge in [-0.2, -0.15) is 0 Å². The Balaban J connectivity index is 1.80. The number of carbonyl (C=O) groups is 2. The van der Waals surface area contributed by atoms with E-state index in [2.05, 4.69) is 16.0 Å². The van der Waals surface area contributed by atoms with Crippen molar-refractivity contribution in [2.45, 2.75) is 19.5 Å². The quantitative estimate of drug-likeness (QED) is 0.552. The Morgan fingerprint density at radius 1 is 1.08 bits per heavy atom. The average Bonchev–Trinajstić information content (AvgIpc) is 2.60. The number of carbonyl (C=O) groups excluding carboxylic acids is 2. The Hall–Kier alpha value is -3.42. The number of rotatable bonds is 6. The first-order valence-corrected chi connectivity index (χ1v) is 7.59. The Morgan fingerprint density at radius 2 is 1.72 bits per heavy atom. The van der Waals surface area contributed by atoms with Crippen molar-refractivity contribution in [3.8, 4) is 0 Å². The van der Waals surface area contributed by atoms with Crippen LogP contribution >= 0.6 is 0 Å². The highest BCUT2D eigenvalue weighted by Crippen LogP contribution is 2.15. The molecule has 0 fully saturated rings. The standard InChI is InChI=1S/C17H18N4O4/c1-12(16(22)18-11-13-5-3-2-4-6-13)19-17(23)20-14-7-9-15(10-8-14)21(24)25/h2-10,12H,11H2,1H3,(H,18,22)(H2,19,20,23)/t12-/m1/s1. The van der Waals surface area contributed by atoms with Gasteiger partial charge < -0.3 is 16.0 Å². The van der Waals surface area contributed by atoms with Crippen LogP contribution in [0.25, 0.3) is 0 Å². The van der Waals surface area contributed by atoms with Gasteiger partial charge in [-0.05, 0) is 24.6 Å². The van der Waals surface area contributed by atoms with Gasteiger partial charge in [0.05, 0.1) is 4.92 Å². The lowest BCUT2D eigenvalue weighted by molar-refractivity contribution is -0.384. The van der Waals surface area contributed by atoms with Gasteiger partial charge in [0.15, 0.2) is 0 Å². The fourth-order valence-corrected chi connectivity index (χ4v) is 2.03. The molecule has 2 rings (SSSR count). The molecule has 8 nitrogen and oxygen atoms in total. The molecular formula is C17H18N4O4. The van der Waals surface area contributed by atoms with Crippen LogP contribution in [0.3, 0.4) is 0 Å². The minimum Gasteiger partial charge on any atom is -0.350 e. The smallest absolute Gasteiger partial charge is 0.319 e. The highest BCUT2D eigenvalue weighted by Gasteiger charge is 2.15. The molecule has 0 aromatic heterocycles. The van der Waals surface area contributed by atoms with Gasteiger partial charge in [-0.15, -0.1) is 0 Å². The molecule has 3 N–H and O–H groups in total. The second-order valence-corrected chi connectivity index (χ2v) is 5.33. The molecule has 0 aliphatic carbocycles. The molecule has 2 aromatic rings. The van der Waals surface area contributed by atoms with E-state index in [0.29, 0.717) is 12.2 Å². The number of nitrogens with zero attached hydrogens (tertiary/aromatic N) is 1. The molecule has 0 spiro atoms. The van der Waals surface area contributed by atoms with Crippen molar-refractivity contribution in [1.82, 2.24) is 10.6 Å². The number of anilines is 1. The first kappa shape index (κ1) is 17.9. The van der Waals surface area contributed by atoms with E-state index in [-0.39, 0.29) is 11.6 Å². The van der Waals surface area contributed by atoms with Crippen molar-refractivity contribution in [1.29, 1.82) is 0 Å². The van der Waals surface area contributed by atoms with Crippen molar-refractivity contribution >= 4 is 23.3 Å². The molecule has 0 aliphatic rings. The van der Waals surface area contributed by atoms with Crippen LogP contribution in [0, 0.1) is 10.1 Å². The second kappa shape index (κ2) is 8.44. The monoisotopic (exact) mass is 342 g/mol. The molecule has 0 radical (unpaired) electrons. The van der Waals surface area contributed by atoms with Gasteiger partial charge >= 0.3 is 6.03 Å². The van der Waals surface area contributed by atoms with Gasteiger partial charge in [-0.1, -0.05) is 30.3 Å². The number of nitro benzene ring substituents is 1. The fraction of sp³-hybridized carbons (Fsp3) is 0.176. The third kappa shape index (κ3) is 5.61. The molecule has 0 aliphatic heterocycles. The molecule has 25 heavy (non-hydrogen) atoms. The maximum atomic E-state index is 12.0. The van der Waals surface area contributed by atoms with Crippen LogP contribution in [0.2, 0.25) is 0 Å². The van der Waals surface area contributed by atoms with Crippen molar-refractivity contribution in [2.24, 2.45) is 0 Å². The van der Waals surface area contributed by atoms with Gasteiger partial charge in [0.1, 0.15) is 6.04 Å². The average molecular weight is 342 g/mol. The molecule has 0 saturated heterocycles. The number of nitro groups is 1. The molecule has 8 heteroatoms. The van der Waals surface area contributed by atoms with E-state index < -0.39 is 17.0 Å². The van der Waals surface area contributed by atoms with Crippen LogP contribution in [0.1, 0.15) is 12.5 Å². The Labute approximate surface area is 144 Å². The lowest BCUT2D eigenvalue weighted by Crippen LogP contribution is -2.46. The first-order chi connectivity index (χ1) is 12.0. The zero-order chi connectivity index (χ0) is 18.2. The zero-order valence-electron chi connectivity index (χ0n) is 13.6. The summed E-state index contributed by atoms with van der Waals surface area (Å²) < 4.78 is 0. The minimum absolute atomic E-state index is 0.0698. The number of nitrogens with one attached hydrogen (secondary N) is 3. The van der Waals surface area contributed by atoms with E-state index in [1.165, 1.54) is 24.3 Å². The zero-order valence-corrected chi connectivity index (χ0v) is 13.6. The summed E-state index contributed by atoms with van der Waals surface area (Å²) in [5.41, 5.74) is 1.28. The van der Waals surface area contributed by atoms with E-state index in [4.69, 9.17) is 0 Å². The third-order valence-electron chi connectivity index (χ3n) is 3.39. The Bertz CT molecular complexity index is 747. The molecule has 130 valence electrons. The summed E-state index contributed by atoms with van der Waals surface area (Å²) in [7, 11) is 0. The van der Waals surface area contributed by atoms with E-state index in [9.17, 15) is 19.7 Å². The van der Waals surface area contributed by atoms with Crippen molar-refractivity contribution in [2.75, 3.05) is 5.32 Å².